The standard InChI is InChI=1S/C39H54N2Si/c1-28-18-14-16-20-33(28)39(9,10)35-25-31(38(6,7)8)24-32(41(35)12)27-42(13,34-21-17-15-19-29(34)2)36-26-30(37(3,4)5)22-23-40(36)11/h14-26H,27H2,1-13H3/q+2. The number of hydrogen-bond donors (Lipinski definition) is 0. The zero-order valence-electron chi connectivity index (χ0n) is 28.6. The van der Waals surface area contributed by atoms with Gasteiger partial charge in [0, 0.05) is 30.3 Å². The van der Waals surface area contributed by atoms with Crippen LogP contribution in [0.1, 0.15) is 94.6 Å². The summed E-state index contributed by atoms with van der Waals surface area (Å²) in [5.74, 6) is 0. The number of nitrogens with zero attached hydrogens (tertiary/aromatic N) is 2. The van der Waals surface area contributed by atoms with E-state index in [2.05, 4.69) is 178 Å². The van der Waals surface area contributed by atoms with E-state index in [1.165, 1.54) is 49.7 Å². The van der Waals surface area contributed by atoms with Crippen LogP contribution in [0.4, 0.5) is 0 Å². The second-order valence-electron chi connectivity index (χ2n) is 15.4. The Morgan fingerprint density at radius 1 is 0.667 bits per heavy atom. The number of rotatable bonds is 6. The second-order valence-corrected chi connectivity index (χ2v) is 19.4. The third-order valence-electron chi connectivity index (χ3n) is 9.59. The summed E-state index contributed by atoms with van der Waals surface area (Å²) in [4.78, 5) is 0. The van der Waals surface area contributed by atoms with E-state index in [1.807, 2.05) is 0 Å². The minimum atomic E-state index is -2.29. The Morgan fingerprint density at radius 3 is 1.81 bits per heavy atom. The highest BCUT2D eigenvalue weighted by Crippen LogP contribution is 2.34. The molecule has 0 aliphatic rings. The Hall–Kier alpha value is -3.04. The Labute approximate surface area is 257 Å². The molecule has 42 heavy (non-hydrogen) atoms. The van der Waals surface area contributed by atoms with Crippen LogP contribution < -0.4 is 19.6 Å². The summed E-state index contributed by atoms with van der Waals surface area (Å²) in [7, 11) is 2.26. The van der Waals surface area contributed by atoms with Crippen LogP contribution in [-0.2, 0) is 36.4 Å². The third-order valence-corrected chi connectivity index (χ3v) is 14.0. The van der Waals surface area contributed by atoms with Gasteiger partial charge in [0.15, 0.2) is 22.9 Å². The fourth-order valence-corrected chi connectivity index (χ4v) is 11.2. The van der Waals surface area contributed by atoms with Crippen LogP contribution in [0.2, 0.25) is 6.55 Å². The van der Waals surface area contributed by atoms with Crippen molar-refractivity contribution in [2.45, 2.75) is 98.1 Å². The highest BCUT2D eigenvalue weighted by Gasteiger charge is 2.45. The van der Waals surface area contributed by atoms with Gasteiger partial charge in [0.25, 0.3) is 0 Å². The van der Waals surface area contributed by atoms with Crippen LogP contribution in [0.15, 0.2) is 79.0 Å². The molecule has 4 aromatic rings. The van der Waals surface area contributed by atoms with Crippen molar-refractivity contribution in [1.29, 1.82) is 0 Å². The average Bonchev–Trinajstić information content (AvgIpc) is 2.89. The van der Waals surface area contributed by atoms with Gasteiger partial charge in [-0.2, -0.15) is 0 Å². The molecular formula is C39H54N2Si+2. The van der Waals surface area contributed by atoms with Crippen molar-refractivity contribution in [1.82, 2.24) is 0 Å². The predicted octanol–water partition coefficient (Wildman–Crippen LogP) is 6.85. The first-order chi connectivity index (χ1) is 19.4. The topological polar surface area (TPSA) is 7.76 Å². The maximum absolute atomic E-state index is 2.59. The van der Waals surface area contributed by atoms with E-state index in [0.29, 0.717) is 0 Å². The molecule has 0 aliphatic heterocycles. The lowest BCUT2D eigenvalue weighted by Gasteiger charge is -2.31. The second kappa shape index (κ2) is 11.2. The quantitative estimate of drug-likeness (QED) is 0.175. The molecular weight excluding hydrogens is 525 g/mol. The Morgan fingerprint density at radius 2 is 1.24 bits per heavy atom. The van der Waals surface area contributed by atoms with Crippen LogP contribution in [0, 0.1) is 13.8 Å². The molecule has 0 bridgehead atoms. The maximum Gasteiger partial charge on any atom is 0.206 e. The Bertz CT molecular complexity index is 1600. The van der Waals surface area contributed by atoms with Crippen molar-refractivity contribution >= 4 is 18.6 Å². The molecule has 0 amide bonds. The molecule has 0 fully saturated rings. The monoisotopic (exact) mass is 578 g/mol. The first kappa shape index (κ1) is 31.9. The van der Waals surface area contributed by atoms with Crippen LogP contribution in [0.5, 0.6) is 0 Å². The molecule has 0 N–H and O–H groups in total. The molecule has 222 valence electrons. The Kier molecular flexibility index (Phi) is 8.52. The fourth-order valence-electron chi connectivity index (χ4n) is 6.79. The van der Waals surface area contributed by atoms with Gasteiger partial charge in [-0.1, -0.05) is 102 Å². The number of aryl methyl sites for hydroxylation is 3. The number of pyridine rings is 2. The van der Waals surface area contributed by atoms with Gasteiger partial charge in [-0.3, -0.25) is 0 Å². The lowest BCUT2D eigenvalue weighted by Crippen LogP contribution is -2.70. The van der Waals surface area contributed by atoms with Gasteiger partial charge in [0.05, 0.1) is 5.41 Å². The highest BCUT2D eigenvalue weighted by atomic mass is 28.3. The van der Waals surface area contributed by atoms with Crippen LogP contribution in [0.3, 0.4) is 0 Å². The zero-order chi connectivity index (χ0) is 31.3. The van der Waals surface area contributed by atoms with Crippen molar-refractivity contribution in [3.63, 3.8) is 0 Å². The lowest BCUT2D eigenvalue weighted by atomic mass is 9.76. The first-order valence-electron chi connectivity index (χ1n) is 15.5. The van der Waals surface area contributed by atoms with Crippen molar-refractivity contribution in [3.05, 3.63) is 118 Å². The van der Waals surface area contributed by atoms with Gasteiger partial charge in [-0.25, -0.2) is 9.13 Å². The largest absolute Gasteiger partial charge is 0.210 e. The van der Waals surface area contributed by atoms with Crippen molar-refractivity contribution < 1.29 is 9.13 Å². The van der Waals surface area contributed by atoms with Gasteiger partial charge in [0.2, 0.25) is 8.07 Å². The minimum Gasteiger partial charge on any atom is -0.210 e. The lowest BCUT2D eigenvalue weighted by molar-refractivity contribution is -0.688. The van der Waals surface area contributed by atoms with E-state index in [1.54, 1.807) is 0 Å². The van der Waals surface area contributed by atoms with E-state index in [4.69, 9.17) is 0 Å². The maximum atomic E-state index is 2.59. The summed E-state index contributed by atoms with van der Waals surface area (Å²) < 4.78 is 4.93. The molecule has 4 rings (SSSR count). The van der Waals surface area contributed by atoms with E-state index in [0.717, 1.165) is 6.04 Å². The fraction of sp³-hybridized carbons (Fsp3) is 0.436. The third kappa shape index (κ3) is 6.04. The minimum absolute atomic E-state index is 0.0387. The van der Waals surface area contributed by atoms with Crippen LogP contribution in [-0.4, -0.2) is 8.07 Å². The SMILES string of the molecule is Cc1ccccc1C(C)(C)c1cc(C(C)(C)C)cc(C[Si](C)(c2ccccc2C)c2cc(C(C)(C)C)cc[n+]2C)[n+]1C. The molecule has 0 radical (unpaired) electrons. The molecule has 2 heterocycles. The molecule has 0 aliphatic carbocycles. The number of benzene rings is 2. The summed E-state index contributed by atoms with van der Waals surface area (Å²) in [6.45, 7) is 25.9. The zero-order valence-corrected chi connectivity index (χ0v) is 29.6. The summed E-state index contributed by atoms with van der Waals surface area (Å²) in [5.41, 5.74) is 9.69. The first-order valence-corrected chi connectivity index (χ1v) is 18.2. The molecule has 2 aromatic heterocycles. The average molecular weight is 579 g/mol. The molecule has 2 aromatic carbocycles. The normalized spacial score (nSPS) is 14.1. The molecule has 1 unspecified atom stereocenters. The summed E-state index contributed by atoms with van der Waals surface area (Å²) in [6, 6.07) is 28.8. The molecule has 0 saturated heterocycles. The molecule has 0 saturated carbocycles. The van der Waals surface area contributed by atoms with E-state index < -0.39 is 8.07 Å². The van der Waals surface area contributed by atoms with Crippen molar-refractivity contribution in [2.75, 3.05) is 0 Å². The van der Waals surface area contributed by atoms with Gasteiger partial charge in [-0.05, 0) is 66.0 Å². The van der Waals surface area contributed by atoms with Crippen molar-refractivity contribution in [3.8, 4) is 0 Å². The molecule has 1 atom stereocenters. The highest BCUT2D eigenvalue weighted by molar-refractivity contribution is 7.00. The van der Waals surface area contributed by atoms with E-state index in [9.17, 15) is 0 Å². The van der Waals surface area contributed by atoms with Gasteiger partial charge in [-0.15, -0.1) is 0 Å². The van der Waals surface area contributed by atoms with Crippen LogP contribution in [0.25, 0.3) is 0 Å². The summed E-state index contributed by atoms with van der Waals surface area (Å²) in [6.07, 6.45) is 2.29. The van der Waals surface area contributed by atoms with Gasteiger partial charge < -0.3 is 0 Å². The van der Waals surface area contributed by atoms with E-state index >= 15 is 0 Å². The van der Waals surface area contributed by atoms with E-state index in [-0.39, 0.29) is 16.2 Å². The number of hydrogen-bond acceptors (Lipinski definition) is 0. The molecule has 2 nitrogen and oxygen atoms in total. The predicted molar refractivity (Wildman–Crippen MR) is 182 cm³/mol. The summed E-state index contributed by atoms with van der Waals surface area (Å²) in [5, 5.41) is 3.00. The summed E-state index contributed by atoms with van der Waals surface area (Å²) >= 11 is 0. The smallest absolute Gasteiger partial charge is 0.206 e. The molecule has 0 spiro atoms. The van der Waals surface area contributed by atoms with Gasteiger partial charge in [0.1, 0.15) is 14.1 Å². The van der Waals surface area contributed by atoms with Gasteiger partial charge >= 0.3 is 0 Å². The van der Waals surface area contributed by atoms with Crippen molar-refractivity contribution in [2.24, 2.45) is 14.1 Å². The van der Waals surface area contributed by atoms with Crippen LogP contribution >= 0.6 is 0 Å². The number of aromatic nitrogens is 2. The Balaban J connectivity index is 2.03. The molecule has 3 heteroatoms.